The highest BCUT2D eigenvalue weighted by atomic mass is 19.4. The Labute approximate surface area is 111 Å². The van der Waals surface area contributed by atoms with E-state index in [-0.39, 0.29) is 5.56 Å². The fourth-order valence-corrected chi connectivity index (χ4v) is 2.11. The minimum Gasteiger partial charge on any atom is -0.381 e. The van der Waals surface area contributed by atoms with E-state index in [2.05, 4.69) is 0 Å². The van der Waals surface area contributed by atoms with E-state index < -0.39 is 36.7 Å². The summed E-state index contributed by atoms with van der Waals surface area (Å²) in [4.78, 5) is 22.7. The molecule has 2 unspecified atom stereocenters. The smallest absolute Gasteiger partial charge is 0.381 e. The molecule has 108 valence electrons. The molecular weight excluding hydrogens is 277 g/mol. The molecule has 1 fully saturated rings. The molecule has 0 radical (unpaired) electrons. The fourth-order valence-electron chi connectivity index (χ4n) is 2.11. The number of halogens is 3. The number of nitrogens with two attached hydrogens (primary N) is 1. The lowest BCUT2D eigenvalue weighted by molar-refractivity contribution is -0.196. The lowest BCUT2D eigenvalue weighted by Gasteiger charge is -2.44. The van der Waals surface area contributed by atoms with E-state index in [0.717, 1.165) is 0 Å². The van der Waals surface area contributed by atoms with Crippen LogP contribution in [0.1, 0.15) is 22.0 Å². The van der Waals surface area contributed by atoms with Crippen molar-refractivity contribution in [2.45, 2.75) is 18.3 Å². The van der Waals surface area contributed by atoms with Crippen molar-refractivity contribution in [1.82, 2.24) is 4.90 Å². The van der Waals surface area contributed by atoms with Gasteiger partial charge in [0.05, 0.1) is 6.04 Å². The van der Waals surface area contributed by atoms with Gasteiger partial charge in [-0.3, -0.25) is 9.59 Å². The quantitative estimate of drug-likeness (QED) is 0.799. The highest BCUT2D eigenvalue weighted by Gasteiger charge is 2.51. The van der Waals surface area contributed by atoms with Crippen molar-refractivity contribution in [3.05, 3.63) is 35.4 Å². The molecule has 3 N–H and O–H groups in total. The molecule has 1 aliphatic heterocycles. The Bertz CT molecular complexity index is 542. The van der Waals surface area contributed by atoms with E-state index in [0.29, 0.717) is 10.5 Å². The summed E-state index contributed by atoms with van der Waals surface area (Å²) in [6.07, 6.45) is -6.04. The molecule has 8 heteroatoms. The van der Waals surface area contributed by atoms with Crippen molar-refractivity contribution >= 4 is 11.8 Å². The maximum Gasteiger partial charge on any atom is 0.406 e. The highest BCUT2D eigenvalue weighted by molar-refractivity contribution is 5.93. The first-order valence-corrected chi connectivity index (χ1v) is 5.66. The second kappa shape index (κ2) is 4.78. The zero-order valence-electron chi connectivity index (χ0n) is 10.1. The van der Waals surface area contributed by atoms with E-state index in [1.165, 1.54) is 24.3 Å². The number of β-lactam (4-membered cyclic amide) rings is 1. The molecule has 2 rings (SSSR count). The van der Waals surface area contributed by atoms with Crippen LogP contribution in [0.2, 0.25) is 0 Å². The van der Waals surface area contributed by atoms with E-state index in [1.54, 1.807) is 0 Å². The van der Waals surface area contributed by atoms with Gasteiger partial charge in [-0.15, -0.1) is 0 Å². The van der Waals surface area contributed by atoms with Crippen LogP contribution in [0.25, 0.3) is 0 Å². The van der Waals surface area contributed by atoms with Crippen LogP contribution < -0.4 is 5.73 Å². The number of aliphatic hydroxyl groups excluding tert-OH is 1. The van der Waals surface area contributed by atoms with Gasteiger partial charge in [0, 0.05) is 5.56 Å². The van der Waals surface area contributed by atoms with Crippen LogP contribution in [-0.2, 0) is 4.79 Å². The Kier molecular flexibility index (Phi) is 3.43. The third kappa shape index (κ3) is 2.60. The van der Waals surface area contributed by atoms with Crippen molar-refractivity contribution < 1.29 is 27.9 Å². The third-order valence-electron chi connectivity index (χ3n) is 3.06. The first-order chi connectivity index (χ1) is 9.20. The number of hydrogen-bond acceptors (Lipinski definition) is 3. The van der Waals surface area contributed by atoms with Crippen molar-refractivity contribution in [3.63, 3.8) is 0 Å². The van der Waals surface area contributed by atoms with E-state index in [9.17, 15) is 27.9 Å². The lowest BCUT2D eigenvalue weighted by atomic mass is 9.90. The Morgan fingerprint density at radius 1 is 1.30 bits per heavy atom. The van der Waals surface area contributed by atoms with Gasteiger partial charge in [-0.25, -0.2) is 0 Å². The molecule has 2 amide bonds. The van der Waals surface area contributed by atoms with Crippen LogP contribution in [-0.4, -0.2) is 40.6 Å². The average molecular weight is 288 g/mol. The molecule has 1 aromatic rings. The Morgan fingerprint density at radius 2 is 1.85 bits per heavy atom. The molecule has 0 bridgehead atoms. The van der Waals surface area contributed by atoms with Gasteiger partial charge in [-0.05, 0) is 17.7 Å². The van der Waals surface area contributed by atoms with Gasteiger partial charge in [0.15, 0.2) is 6.10 Å². The normalized spacial score (nSPS) is 22.6. The number of benzene rings is 1. The van der Waals surface area contributed by atoms with Crippen LogP contribution in [0, 0.1) is 0 Å². The van der Waals surface area contributed by atoms with Crippen molar-refractivity contribution in [3.8, 4) is 0 Å². The first-order valence-electron chi connectivity index (χ1n) is 5.66. The number of rotatable bonds is 3. The number of likely N-dealkylation sites (tertiary alicyclic amines) is 1. The number of aliphatic hydroxyl groups is 1. The summed E-state index contributed by atoms with van der Waals surface area (Å²) >= 11 is 0. The van der Waals surface area contributed by atoms with Gasteiger partial charge in [0.25, 0.3) is 5.91 Å². The molecule has 2 atom stereocenters. The number of nitrogens with zero attached hydrogens (tertiary/aromatic N) is 1. The van der Waals surface area contributed by atoms with Crippen LogP contribution in [0.4, 0.5) is 13.2 Å². The van der Waals surface area contributed by atoms with Gasteiger partial charge >= 0.3 is 6.18 Å². The van der Waals surface area contributed by atoms with Gasteiger partial charge in [0.1, 0.15) is 6.54 Å². The molecule has 5 nitrogen and oxygen atoms in total. The third-order valence-corrected chi connectivity index (χ3v) is 3.06. The van der Waals surface area contributed by atoms with Crippen molar-refractivity contribution in [2.75, 3.05) is 6.54 Å². The summed E-state index contributed by atoms with van der Waals surface area (Å²) in [6, 6.07) is 4.33. The summed E-state index contributed by atoms with van der Waals surface area (Å²) in [5.74, 6) is -1.64. The lowest BCUT2D eigenvalue weighted by Crippen LogP contribution is -2.60. The SMILES string of the molecule is NC(=O)c1ccc(C2C(O)C(=O)N2CC(F)(F)F)cc1. The molecule has 1 saturated heterocycles. The maximum absolute atomic E-state index is 12.3. The van der Waals surface area contributed by atoms with Crippen LogP contribution in [0.5, 0.6) is 0 Å². The summed E-state index contributed by atoms with van der Waals surface area (Å²) in [5.41, 5.74) is 5.55. The Morgan fingerprint density at radius 3 is 2.30 bits per heavy atom. The number of hydrogen-bond donors (Lipinski definition) is 2. The molecule has 1 aromatic carbocycles. The molecule has 0 spiro atoms. The summed E-state index contributed by atoms with van der Waals surface area (Å²) in [6.45, 7) is -1.43. The van der Waals surface area contributed by atoms with Crippen molar-refractivity contribution in [2.24, 2.45) is 5.73 Å². The standard InChI is InChI=1S/C12H11F3N2O3/c13-12(14,15)5-17-8(9(18)11(17)20)6-1-3-7(4-2-6)10(16)19/h1-4,8-9,18H,5H2,(H2,16,19). The second-order valence-corrected chi connectivity index (χ2v) is 4.46. The molecule has 1 aliphatic rings. The number of primary amides is 1. The minimum atomic E-state index is -4.54. The van der Waals surface area contributed by atoms with Crippen LogP contribution in [0.3, 0.4) is 0 Å². The molecule has 0 aromatic heterocycles. The number of alkyl halides is 3. The van der Waals surface area contributed by atoms with Gasteiger partial charge in [-0.2, -0.15) is 13.2 Å². The van der Waals surface area contributed by atoms with Gasteiger partial charge < -0.3 is 15.7 Å². The van der Waals surface area contributed by atoms with Crippen molar-refractivity contribution in [1.29, 1.82) is 0 Å². The zero-order chi connectivity index (χ0) is 15.1. The fraction of sp³-hybridized carbons (Fsp3) is 0.333. The molecule has 20 heavy (non-hydrogen) atoms. The minimum absolute atomic E-state index is 0.191. The van der Waals surface area contributed by atoms with E-state index in [1.807, 2.05) is 0 Å². The molecule has 0 aliphatic carbocycles. The van der Waals surface area contributed by atoms with Gasteiger partial charge in [0.2, 0.25) is 5.91 Å². The second-order valence-electron chi connectivity index (χ2n) is 4.46. The molecule has 0 saturated carbocycles. The highest BCUT2D eigenvalue weighted by Crippen LogP contribution is 2.37. The maximum atomic E-state index is 12.3. The largest absolute Gasteiger partial charge is 0.406 e. The Balaban J connectivity index is 2.21. The Hall–Kier alpha value is -2.09. The average Bonchev–Trinajstić information content (AvgIpc) is 2.37. The predicted molar refractivity (Wildman–Crippen MR) is 61.5 cm³/mol. The summed E-state index contributed by atoms with van der Waals surface area (Å²) < 4.78 is 37.0. The predicted octanol–water partition coefficient (Wildman–Crippen LogP) is 0.592. The zero-order valence-corrected chi connectivity index (χ0v) is 10.1. The topological polar surface area (TPSA) is 83.6 Å². The first kappa shape index (κ1) is 14.3. The van der Waals surface area contributed by atoms with E-state index >= 15 is 0 Å². The van der Waals surface area contributed by atoms with E-state index in [4.69, 9.17) is 5.73 Å². The van der Waals surface area contributed by atoms with Gasteiger partial charge in [-0.1, -0.05) is 12.1 Å². The number of carbonyl (C=O) groups excluding carboxylic acids is 2. The monoisotopic (exact) mass is 288 g/mol. The summed E-state index contributed by atoms with van der Waals surface area (Å²) in [7, 11) is 0. The van der Waals surface area contributed by atoms with Crippen LogP contribution in [0.15, 0.2) is 24.3 Å². The summed E-state index contributed by atoms with van der Waals surface area (Å²) in [5, 5.41) is 9.53. The number of carbonyl (C=O) groups is 2. The number of amides is 2. The van der Waals surface area contributed by atoms with Crippen LogP contribution >= 0.6 is 0 Å². The molecular formula is C12H11F3N2O3. The molecule has 1 heterocycles.